The van der Waals surface area contributed by atoms with Crippen LogP contribution in [0.15, 0.2) is 65.9 Å². The molecule has 2 aliphatic rings. The molecule has 6 nitrogen and oxygen atoms in total. The fourth-order valence-corrected chi connectivity index (χ4v) is 4.36. The monoisotopic (exact) mass is 449 g/mol. The van der Waals surface area contributed by atoms with Gasteiger partial charge in [-0.3, -0.25) is 4.79 Å². The molecular formula is C25H27N3O3S. The number of amides is 1. The molecule has 1 heterocycles. The molecule has 0 bridgehead atoms. The molecule has 1 aliphatic heterocycles. The lowest BCUT2D eigenvalue weighted by Gasteiger charge is -2.35. The van der Waals surface area contributed by atoms with Crippen LogP contribution in [0.5, 0.6) is 0 Å². The van der Waals surface area contributed by atoms with E-state index in [4.69, 9.17) is 17.0 Å². The topological polar surface area (TPSA) is 70.7 Å². The lowest BCUT2D eigenvalue weighted by molar-refractivity contribution is -0.139. The minimum Gasteiger partial charge on any atom is -0.463 e. The molecule has 1 aliphatic carbocycles. The Morgan fingerprint density at radius 1 is 1.12 bits per heavy atom. The molecule has 0 radical (unpaired) electrons. The number of nitrogens with zero attached hydrogens (tertiary/aromatic N) is 1. The predicted molar refractivity (Wildman–Crippen MR) is 128 cm³/mol. The number of allylic oxidation sites excluding steroid dienone is 1. The fraction of sp³-hybridized carbons (Fsp3) is 0.320. The second-order valence-corrected chi connectivity index (χ2v) is 8.52. The summed E-state index contributed by atoms with van der Waals surface area (Å²) in [6.07, 6.45) is 0.873. The van der Waals surface area contributed by atoms with Crippen molar-refractivity contribution in [2.24, 2.45) is 5.92 Å². The molecule has 7 heteroatoms. The molecule has 0 aromatic heterocycles. The van der Waals surface area contributed by atoms with Gasteiger partial charge in [-0.15, -0.1) is 0 Å². The van der Waals surface area contributed by atoms with Crippen LogP contribution in [0.4, 0.5) is 5.69 Å². The second kappa shape index (κ2) is 9.12. The number of benzene rings is 2. The number of hydrogen-bond acceptors (Lipinski definition) is 4. The highest BCUT2D eigenvalue weighted by molar-refractivity contribution is 7.80. The van der Waals surface area contributed by atoms with E-state index in [0.29, 0.717) is 23.2 Å². The summed E-state index contributed by atoms with van der Waals surface area (Å²) in [6, 6.07) is 17.2. The third-order valence-corrected chi connectivity index (χ3v) is 6.51. The molecule has 2 N–H and O–H groups in total. The van der Waals surface area contributed by atoms with Crippen LogP contribution in [0.3, 0.4) is 0 Å². The van der Waals surface area contributed by atoms with Gasteiger partial charge in [-0.1, -0.05) is 42.5 Å². The first-order chi connectivity index (χ1) is 15.4. The highest BCUT2D eigenvalue weighted by atomic mass is 32.1. The number of nitrogens with one attached hydrogen (secondary N) is 2. The summed E-state index contributed by atoms with van der Waals surface area (Å²) in [6.45, 7) is 3.94. The summed E-state index contributed by atoms with van der Waals surface area (Å²) in [5.41, 5.74) is 4.10. The molecule has 1 amide bonds. The average Bonchev–Trinajstić information content (AvgIpc) is 3.60. The van der Waals surface area contributed by atoms with E-state index in [1.807, 2.05) is 56.4 Å². The number of thiocarbonyl (C=S) groups is 1. The van der Waals surface area contributed by atoms with E-state index in [1.54, 1.807) is 11.8 Å². The first kappa shape index (κ1) is 22.0. The molecule has 4 rings (SSSR count). The van der Waals surface area contributed by atoms with Gasteiger partial charge in [-0.05, 0) is 61.7 Å². The number of carbonyl (C=O) groups excluding carboxylic acids is 2. The standard InChI is InChI=1S/C25H27N3O3S/c1-4-31-24(30)21-15(2)28(3)25(32)27-22(21)17-10-12-18(13-11-17)26-23(29)20-14-19(20)16-8-6-5-7-9-16/h5-13,19-20,22H,4,14H2,1-3H3,(H,26,29)(H,27,32)/t19-,20-,22+/m0/s1. The summed E-state index contributed by atoms with van der Waals surface area (Å²) in [4.78, 5) is 27.1. The van der Waals surface area contributed by atoms with Crippen molar-refractivity contribution in [3.8, 4) is 0 Å². The van der Waals surface area contributed by atoms with Crippen molar-refractivity contribution in [3.63, 3.8) is 0 Å². The van der Waals surface area contributed by atoms with E-state index in [0.717, 1.165) is 23.4 Å². The predicted octanol–water partition coefficient (Wildman–Crippen LogP) is 4.13. The van der Waals surface area contributed by atoms with Crippen molar-refractivity contribution >= 4 is 34.9 Å². The molecule has 3 atom stereocenters. The molecule has 32 heavy (non-hydrogen) atoms. The molecular weight excluding hydrogens is 422 g/mol. The fourth-order valence-electron chi connectivity index (χ4n) is 4.11. The number of esters is 1. The zero-order chi connectivity index (χ0) is 22.8. The third kappa shape index (κ3) is 4.39. The highest BCUT2D eigenvalue weighted by Gasteiger charge is 2.43. The van der Waals surface area contributed by atoms with Crippen LogP contribution in [0.25, 0.3) is 0 Å². The first-order valence-corrected chi connectivity index (χ1v) is 11.2. The molecule has 1 saturated carbocycles. The lowest BCUT2D eigenvalue weighted by atomic mass is 9.95. The van der Waals surface area contributed by atoms with Crippen molar-refractivity contribution in [2.45, 2.75) is 32.2 Å². The highest BCUT2D eigenvalue weighted by Crippen LogP contribution is 2.47. The quantitative estimate of drug-likeness (QED) is 0.511. The normalized spacial score (nSPS) is 22.3. The molecule has 166 valence electrons. The maximum atomic E-state index is 12.7. The summed E-state index contributed by atoms with van der Waals surface area (Å²) < 4.78 is 5.28. The number of hydrogen-bond donors (Lipinski definition) is 2. The molecule has 2 aromatic rings. The Balaban J connectivity index is 1.47. The van der Waals surface area contributed by atoms with Crippen molar-refractivity contribution in [1.82, 2.24) is 10.2 Å². The van der Waals surface area contributed by atoms with Crippen LogP contribution >= 0.6 is 12.2 Å². The Hall–Kier alpha value is -3.19. The van der Waals surface area contributed by atoms with Gasteiger partial charge in [0.05, 0.1) is 18.2 Å². The van der Waals surface area contributed by atoms with Crippen LogP contribution in [-0.2, 0) is 14.3 Å². The maximum absolute atomic E-state index is 12.7. The molecule has 0 unspecified atom stereocenters. The average molecular weight is 450 g/mol. The van der Waals surface area contributed by atoms with Gasteiger partial charge in [-0.2, -0.15) is 0 Å². The van der Waals surface area contributed by atoms with Gasteiger partial charge < -0.3 is 20.3 Å². The van der Waals surface area contributed by atoms with E-state index in [1.165, 1.54) is 5.56 Å². The van der Waals surface area contributed by atoms with Crippen LogP contribution in [0.1, 0.15) is 43.4 Å². The minimum atomic E-state index is -0.409. The largest absolute Gasteiger partial charge is 0.463 e. The van der Waals surface area contributed by atoms with Gasteiger partial charge in [0.25, 0.3) is 0 Å². The summed E-state index contributed by atoms with van der Waals surface area (Å²) in [5, 5.41) is 6.78. The van der Waals surface area contributed by atoms with E-state index in [-0.39, 0.29) is 17.8 Å². The van der Waals surface area contributed by atoms with Gasteiger partial charge in [0, 0.05) is 24.4 Å². The summed E-state index contributed by atoms with van der Waals surface area (Å²) in [7, 11) is 1.82. The lowest BCUT2D eigenvalue weighted by Crippen LogP contribution is -2.46. The van der Waals surface area contributed by atoms with Crippen LogP contribution in [-0.4, -0.2) is 35.5 Å². The minimum absolute atomic E-state index is 0.00555. The van der Waals surface area contributed by atoms with Crippen LogP contribution in [0, 0.1) is 5.92 Å². The van der Waals surface area contributed by atoms with Crippen LogP contribution < -0.4 is 10.6 Å². The number of rotatable bonds is 6. The van der Waals surface area contributed by atoms with E-state index in [9.17, 15) is 9.59 Å². The number of anilines is 1. The molecule has 2 aromatic carbocycles. The van der Waals surface area contributed by atoms with Gasteiger partial charge in [0.2, 0.25) is 5.91 Å². The molecule has 0 saturated heterocycles. The van der Waals surface area contributed by atoms with Gasteiger partial charge in [0.15, 0.2) is 5.11 Å². The Labute approximate surface area is 193 Å². The first-order valence-electron chi connectivity index (χ1n) is 10.8. The van der Waals surface area contributed by atoms with E-state index >= 15 is 0 Å². The van der Waals surface area contributed by atoms with E-state index < -0.39 is 6.04 Å². The van der Waals surface area contributed by atoms with E-state index in [2.05, 4.69) is 22.8 Å². The van der Waals surface area contributed by atoms with Crippen molar-refractivity contribution in [1.29, 1.82) is 0 Å². The molecule has 0 spiro atoms. The summed E-state index contributed by atoms with van der Waals surface area (Å²) >= 11 is 5.43. The SMILES string of the molecule is CCOC(=O)C1=C(C)N(C)C(=S)N[C@@H]1c1ccc(NC(=O)[C@H]2C[C@H]2c2ccccc2)cc1. The maximum Gasteiger partial charge on any atom is 0.338 e. The zero-order valence-electron chi connectivity index (χ0n) is 18.4. The Morgan fingerprint density at radius 2 is 1.81 bits per heavy atom. The van der Waals surface area contributed by atoms with Crippen molar-refractivity contribution in [3.05, 3.63) is 77.0 Å². The smallest absolute Gasteiger partial charge is 0.338 e. The summed E-state index contributed by atoms with van der Waals surface area (Å²) in [5.74, 6) is -0.0331. The Bertz CT molecular complexity index is 1070. The number of ether oxygens (including phenoxy) is 1. The third-order valence-electron chi connectivity index (χ3n) is 6.12. The van der Waals surface area contributed by atoms with Gasteiger partial charge >= 0.3 is 5.97 Å². The molecule has 1 fully saturated rings. The van der Waals surface area contributed by atoms with Gasteiger partial charge in [0.1, 0.15) is 0 Å². The Kier molecular flexibility index (Phi) is 6.28. The van der Waals surface area contributed by atoms with Gasteiger partial charge in [-0.25, -0.2) is 4.79 Å². The van der Waals surface area contributed by atoms with Crippen LogP contribution in [0.2, 0.25) is 0 Å². The van der Waals surface area contributed by atoms with Crippen molar-refractivity contribution < 1.29 is 14.3 Å². The number of carbonyl (C=O) groups is 2. The second-order valence-electron chi connectivity index (χ2n) is 8.13. The zero-order valence-corrected chi connectivity index (χ0v) is 19.2. The van der Waals surface area contributed by atoms with Crippen molar-refractivity contribution in [2.75, 3.05) is 19.0 Å². The Morgan fingerprint density at radius 3 is 2.47 bits per heavy atom.